The molecule has 0 aromatic heterocycles. The molecule has 10 nitrogen and oxygen atoms in total. The maximum atomic E-state index is 13.0. The summed E-state index contributed by atoms with van der Waals surface area (Å²) in [6.45, 7) is 1.96. The Balaban J connectivity index is 1.25. The summed E-state index contributed by atoms with van der Waals surface area (Å²) in [6, 6.07) is 19.4. The molecule has 0 saturated carbocycles. The Hall–Kier alpha value is -4.25. The van der Waals surface area contributed by atoms with Crippen LogP contribution in [0.4, 0.5) is 11.4 Å². The van der Waals surface area contributed by atoms with E-state index in [0.29, 0.717) is 41.8 Å². The topological polar surface area (TPSA) is 120 Å². The van der Waals surface area contributed by atoms with Crippen LogP contribution in [-0.2, 0) is 24.3 Å². The minimum atomic E-state index is -3.72. The van der Waals surface area contributed by atoms with Gasteiger partial charge in [-0.15, -0.1) is 0 Å². The highest BCUT2D eigenvalue weighted by Gasteiger charge is 2.23. The molecule has 1 heterocycles. The zero-order chi connectivity index (χ0) is 26.3. The van der Waals surface area contributed by atoms with Gasteiger partial charge in [0.1, 0.15) is 19.0 Å². The third kappa shape index (κ3) is 6.50. The molecule has 1 aliphatic heterocycles. The number of hydrogen-bond acceptors (Lipinski definition) is 8. The van der Waals surface area contributed by atoms with E-state index in [1.54, 1.807) is 67.6 Å². The second-order valence-electron chi connectivity index (χ2n) is 7.83. The van der Waals surface area contributed by atoms with Gasteiger partial charge in [0.2, 0.25) is 0 Å². The van der Waals surface area contributed by atoms with E-state index in [1.165, 1.54) is 16.4 Å². The van der Waals surface area contributed by atoms with E-state index < -0.39 is 35.1 Å². The van der Waals surface area contributed by atoms with Gasteiger partial charge in [0.25, 0.3) is 15.9 Å². The van der Waals surface area contributed by atoms with Crippen molar-refractivity contribution in [3.05, 3.63) is 72.8 Å². The van der Waals surface area contributed by atoms with Gasteiger partial charge in [-0.05, 0) is 55.5 Å². The molecular formula is C26H26N2O8S. The average Bonchev–Trinajstić information content (AvgIpc) is 2.92. The molecule has 0 unspecified atom stereocenters. The zero-order valence-electron chi connectivity index (χ0n) is 20.1. The Morgan fingerprint density at radius 2 is 1.62 bits per heavy atom. The number of nitrogens with zero attached hydrogens (tertiary/aromatic N) is 1. The summed E-state index contributed by atoms with van der Waals surface area (Å²) in [5.41, 5.74) is 0.939. The maximum absolute atomic E-state index is 13.0. The lowest BCUT2D eigenvalue weighted by Crippen LogP contribution is -2.30. The Morgan fingerprint density at radius 1 is 0.919 bits per heavy atom. The van der Waals surface area contributed by atoms with Crippen LogP contribution >= 0.6 is 0 Å². The van der Waals surface area contributed by atoms with Gasteiger partial charge in [-0.25, -0.2) is 13.2 Å². The first-order valence-corrected chi connectivity index (χ1v) is 13.0. The fourth-order valence-corrected chi connectivity index (χ4v) is 5.06. The summed E-state index contributed by atoms with van der Waals surface area (Å²) < 4.78 is 48.5. The maximum Gasteiger partial charge on any atom is 0.344 e. The van der Waals surface area contributed by atoms with Crippen LogP contribution in [0.25, 0.3) is 0 Å². The van der Waals surface area contributed by atoms with Crippen LogP contribution in [0, 0.1) is 0 Å². The number of hydrogen-bond donors (Lipinski definition) is 1. The molecule has 1 amide bonds. The summed E-state index contributed by atoms with van der Waals surface area (Å²) in [6.07, 6.45) is 0. The number of ether oxygens (including phenoxy) is 4. The van der Waals surface area contributed by atoms with Crippen LogP contribution in [0.5, 0.6) is 17.2 Å². The molecule has 0 aliphatic carbocycles. The summed E-state index contributed by atoms with van der Waals surface area (Å²) in [4.78, 5) is 24.3. The molecule has 194 valence electrons. The van der Waals surface area contributed by atoms with Crippen molar-refractivity contribution in [3.8, 4) is 17.2 Å². The number of sulfonamides is 1. The number of carbonyl (C=O) groups is 2. The highest BCUT2D eigenvalue weighted by Crippen LogP contribution is 2.32. The third-order valence-corrected chi connectivity index (χ3v) is 7.21. The molecule has 0 atom stereocenters. The second kappa shape index (κ2) is 11.7. The average molecular weight is 527 g/mol. The Kier molecular flexibility index (Phi) is 8.14. The smallest absolute Gasteiger partial charge is 0.344 e. The van der Waals surface area contributed by atoms with Crippen LogP contribution in [0.2, 0.25) is 0 Å². The summed E-state index contributed by atoms with van der Waals surface area (Å²) in [5, 5.41) is 2.62. The molecule has 1 aliphatic rings. The normalized spacial score (nSPS) is 12.4. The molecule has 3 aromatic carbocycles. The minimum Gasteiger partial charge on any atom is -0.486 e. The van der Waals surface area contributed by atoms with Gasteiger partial charge in [0, 0.05) is 18.3 Å². The van der Waals surface area contributed by atoms with Gasteiger partial charge < -0.3 is 24.3 Å². The van der Waals surface area contributed by atoms with Crippen molar-refractivity contribution < 1.29 is 37.0 Å². The number of nitrogens with one attached hydrogen (secondary N) is 1. The molecule has 0 spiro atoms. The quantitative estimate of drug-likeness (QED) is 0.400. The van der Waals surface area contributed by atoms with Crippen LogP contribution in [0.3, 0.4) is 0 Å². The fraction of sp³-hybridized carbons (Fsp3) is 0.231. The molecule has 37 heavy (non-hydrogen) atoms. The summed E-state index contributed by atoms with van der Waals surface area (Å²) in [7, 11) is -3.72. The van der Waals surface area contributed by atoms with Crippen LogP contribution in [0.15, 0.2) is 77.7 Å². The largest absolute Gasteiger partial charge is 0.486 e. The van der Waals surface area contributed by atoms with Crippen molar-refractivity contribution in [2.45, 2.75) is 11.8 Å². The predicted octanol–water partition coefficient (Wildman–Crippen LogP) is 3.23. The van der Waals surface area contributed by atoms with Crippen molar-refractivity contribution in [2.75, 3.05) is 42.6 Å². The predicted molar refractivity (Wildman–Crippen MR) is 136 cm³/mol. The zero-order valence-corrected chi connectivity index (χ0v) is 20.9. The molecule has 0 bridgehead atoms. The standard InChI is InChI=1S/C26H26N2O8S/c1-2-28(37(31,32)22-6-4-3-5-7-22)20-9-11-21(12-10-20)35-18-26(30)36-17-25(29)27-19-8-13-23-24(16-19)34-15-14-33-23/h3-13,16H,2,14-15,17-18H2,1H3,(H,27,29). The molecule has 1 N–H and O–H groups in total. The molecule has 3 aromatic rings. The van der Waals surface area contributed by atoms with E-state index in [-0.39, 0.29) is 11.4 Å². The Bertz CT molecular complexity index is 1340. The highest BCUT2D eigenvalue weighted by atomic mass is 32.2. The highest BCUT2D eigenvalue weighted by molar-refractivity contribution is 7.92. The molecule has 0 radical (unpaired) electrons. The Labute approximate surface area is 214 Å². The van der Waals surface area contributed by atoms with E-state index in [1.807, 2.05) is 0 Å². The number of esters is 1. The Morgan fingerprint density at radius 3 is 2.32 bits per heavy atom. The van der Waals surface area contributed by atoms with E-state index >= 15 is 0 Å². The molecular weight excluding hydrogens is 500 g/mol. The van der Waals surface area contributed by atoms with E-state index in [2.05, 4.69) is 5.32 Å². The van der Waals surface area contributed by atoms with Gasteiger partial charge in [-0.2, -0.15) is 0 Å². The number of fused-ring (bicyclic) bond motifs is 1. The molecule has 0 fully saturated rings. The lowest BCUT2D eigenvalue weighted by atomic mass is 10.2. The first-order valence-electron chi connectivity index (χ1n) is 11.5. The van der Waals surface area contributed by atoms with E-state index in [4.69, 9.17) is 18.9 Å². The van der Waals surface area contributed by atoms with Gasteiger partial charge in [0.15, 0.2) is 24.7 Å². The minimum absolute atomic E-state index is 0.193. The van der Waals surface area contributed by atoms with Crippen molar-refractivity contribution in [1.29, 1.82) is 0 Å². The van der Waals surface area contributed by atoms with Gasteiger partial charge in [-0.1, -0.05) is 18.2 Å². The van der Waals surface area contributed by atoms with Crippen molar-refractivity contribution in [1.82, 2.24) is 0 Å². The van der Waals surface area contributed by atoms with E-state index in [9.17, 15) is 18.0 Å². The van der Waals surface area contributed by atoms with E-state index in [0.717, 1.165) is 0 Å². The van der Waals surface area contributed by atoms with Crippen molar-refractivity contribution in [2.24, 2.45) is 0 Å². The number of rotatable bonds is 10. The first-order chi connectivity index (χ1) is 17.9. The van der Waals surface area contributed by atoms with Crippen molar-refractivity contribution >= 4 is 33.3 Å². The summed E-state index contributed by atoms with van der Waals surface area (Å²) in [5.74, 6) is 0.216. The van der Waals surface area contributed by atoms with Crippen LogP contribution in [0.1, 0.15) is 6.92 Å². The molecule has 0 saturated heterocycles. The lowest BCUT2D eigenvalue weighted by molar-refractivity contribution is -0.149. The van der Waals surface area contributed by atoms with Gasteiger partial charge in [0.05, 0.1) is 10.6 Å². The summed E-state index contributed by atoms with van der Waals surface area (Å²) >= 11 is 0. The number of carbonyl (C=O) groups excluding carboxylic acids is 2. The number of anilines is 2. The lowest BCUT2D eigenvalue weighted by Gasteiger charge is -2.23. The van der Waals surface area contributed by atoms with Gasteiger partial charge >= 0.3 is 5.97 Å². The third-order valence-electron chi connectivity index (χ3n) is 5.29. The SMILES string of the molecule is CCN(c1ccc(OCC(=O)OCC(=O)Nc2ccc3c(c2)OCCO3)cc1)S(=O)(=O)c1ccccc1. The number of amides is 1. The van der Waals surface area contributed by atoms with Crippen LogP contribution < -0.4 is 23.8 Å². The molecule has 4 rings (SSSR count). The monoisotopic (exact) mass is 526 g/mol. The van der Waals surface area contributed by atoms with Crippen LogP contribution in [-0.4, -0.2) is 53.3 Å². The second-order valence-corrected chi connectivity index (χ2v) is 9.70. The number of benzene rings is 3. The first kappa shape index (κ1) is 25.8. The van der Waals surface area contributed by atoms with Gasteiger partial charge in [-0.3, -0.25) is 9.10 Å². The fourth-order valence-electron chi connectivity index (χ4n) is 3.57. The molecule has 11 heteroatoms. The van der Waals surface area contributed by atoms with Crippen molar-refractivity contribution in [3.63, 3.8) is 0 Å².